The van der Waals surface area contributed by atoms with E-state index in [0.29, 0.717) is 0 Å². The summed E-state index contributed by atoms with van der Waals surface area (Å²) in [7, 11) is 0. The van der Waals surface area contributed by atoms with Crippen molar-refractivity contribution >= 4 is 0 Å². The van der Waals surface area contributed by atoms with Gasteiger partial charge in [0.05, 0.1) is 5.69 Å². The summed E-state index contributed by atoms with van der Waals surface area (Å²) < 4.78 is 2.34. The van der Waals surface area contributed by atoms with Gasteiger partial charge < -0.3 is 4.57 Å². The van der Waals surface area contributed by atoms with Crippen LogP contribution in [0, 0.1) is 0 Å². The lowest BCUT2D eigenvalue weighted by atomic mass is 10.1. The van der Waals surface area contributed by atoms with Crippen LogP contribution in [0.4, 0.5) is 0 Å². The molecule has 23 heavy (non-hydrogen) atoms. The van der Waals surface area contributed by atoms with E-state index in [1.807, 2.05) is 0 Å². The van der Waals surface area contributed by atoms with Gasteiger partial charge in [-0.15, -0.1) is 0 Å². The van der Waals surface area contributed by atoms with Gasteiger partial charge in [0.15, 0.2) is 0 Å². The van der Waals surface area contributed by atoms with Crippen molar-refractivity contribution in [1.29, 1.82) is 0 Å². The fourth-order valence-electron chi connectivity index (χ4n) is 3.11. The van der Waals surface area contributed by atoms with E-state index >= 15 is 0 Å². The molecule has 0 bridgehead atoms. The molecule has 1 aromatic heterocycles. The van der Waals surface area contributed by atoms with Crippen molar-refractivity contribution in [1.82, 2.24) is 9.55 Å². The van der Waals surface area contributed by atoms with Crippen molar-refractivity contribution in [2.24, 2.45) is 0 Å². The quantitative estimate of drug-likeness (QED) is 0.494. The number of nitrogens with zero attached hydrogens (tertiary/aromatic N) is 2. The van der Waals surface area contributed by atoms with Gasteiger partial charge in [0, 0.05) is 19.2 Å². The number of benzene rings is 1. The lowest BCUT2D eigenvalue weighted by Crippen LogP contribution is -2.00. The summed E-state index contributed by atoms with van der Waals surface area (Å²) in [5.41, 5.74) is 2.70. The van der Waals surface area contributed by atoms with E-state index in [1.165, 1.54) is 55.6 Å². The molecule has 126 valence electrons. The fraction of sp³-hybridized carbons (Fsp3) is 0.571. The molecule has 0 amide bonds. The largest absolute Gasteiger partial charge is 0.335 e. The monoisotopic (exact) mass is 312 g/mol. The van der Waals surface area contributed by atoms with Crippen LogP contribution in [0.25, 0.3) is 0 Å². The van der Waals surface area contributed by atoms with Crippen LogP contribution >= 0.6 is 0 Å². The van der Waals surface area contributed by atoms with E-state index in [4.69, 9.17) is 4.98 Å². The molecule has 2 aromatic rings. The van der Waals surface area contributed by atoms with Crippen molar-refractivity contribution in [2.45, 2.75) is 78.2 Å². The number of imidazole rings is 1. The molecule has 0 aliphatic heterocycles. The maximum Gasteiger partial charge on any atom is 0.108 e. The molecular formula is C21H32N2. The molecule has 0 N–H and O–H groups in total. The lowest BCUT2D eigenvalue weighted by molar-refractivity contribution is 0.602. The Morgan fingerprint density at radius 3 is 2.35 bits per heavy atom. The van der Waals surface area contributed by atoms with Crippen LogP contribution in [0.3, 0.4) is 0 Å². The molecular weight excluding hydrogens is 280 g/mol. The van der Waals surface area contributed by atoms with Crippen molar-refractivity contribution in [3.63, 3.8) is 0 Å². The smallest absolute Gasteiger partial charge is 0.108 e. The van der Waals surface area contributed by atoms with E-state index in [9.17, 15) is 0 Å². The summed E-state index contributed by atoms with van der Waals surface area (Å²) in [6.45, 7) is 5.53. The summed E-state index contributed by atoms with van der Waals surface area (Å²) >= 11 is 0. The van der Waals surface area contributed by atoms with E-state index in [2.05, 4.69) is 54.9 Å². The van der Waals surface area contributed by atoms with Gasteiger partial charge in [0.2, 0.25) is 0 Å². The zero-order valence-corrected chi connectivity index (χ0v) is 14.9. The number of hydrogen-bond acceptors (Lipinski definition) is 1. The molecule has 0 unspecified atom stereocenters. The Bertz CT molecular complexity index is 542. The topological polar surface area (TPSA) is 17.8 Å². The predicted octanol–water partition coefficient (Wildman–Crippen LogP) is 5.59. The minimum Gasteiger partial charge on any atom is -0.335 e. The molecule has 2 rings (SSSR count). The maximum atomic E-state index is 4.89. The van der Waals surface area contributed by atoms with Crippen LogP contribution in [0.1, 0.15) is 69.5 Å². The maximum absolute atomic E-state index is 4.89. The van der Waals surface area contributed by atoms with Crippen LogP contribution in [0.5, 0.6) is 0 Å². The molecule has 0 fully saturated rings. The third-order valence-electron chi connectivity index (χ3n) is 4.49. The van der Waals surface area contributed by atoms with Crippen LogP contribution in [-0.2, 0) is 25.8 Å². The molecule has 0 atom stereocenters. The lowest BCUT2D eigenvalue weighted by Gasteiger charge is -2.03. The van der Waals surface area contributed by atoms with E-state index in [1.54, 1.807) is 0 Å². The molecule has 2 nitrogen and oxygen atoms in total. The standard InChI is InChI=1S/C21H32N2/c1-3-5-6-7-11-17-21-22-20(18-23(21)4-2)16-12-15-19-13-9-8-10-14-19/h8-10,13-14,18H,3-7,11-12,15-17H2,1-2H3. The van der Waals surface area contributed by atoms with Crippen LogP contribution < -0.4 is 0 Å². The molecule has 1 heterocycles. The van der Waals surface area contributed by atoms with Gasteiger partial charge in [-0.2, -0.15) is 0 Å². The molecule has 0 saturated carbocycles. The Labute approximate surface area is 142 Å². The number of aryl methyl sites for hydroxylation is 4. The number of hydrogen-bond donors (Lipinski definition) is 0. The number of rotatable bonds is 11. The van der Waals surface area contributed by atoms with Crippen LogP contribution in [0.15, 0.2) is 36.5 Å². The zero-order chi connectivity index (χ0) is 16.3. The van der Waals surface area contributed by atoms with Gasteiger partial charge in [-0.1, -0.05) is 62.9 Å². The third kappa shape index (κ3) is 6.21. The van der Waals surface area contributed by atoms with E-state index in [-0.39, 0.29) is 0 Å². The highest BCUT2D eigenvalue weighted by atomic mass is 15.1. The Morgan fingerprint density at radius 2 is 1.61 bits per heavy atom. The molecule has 0 radical (unpaired) electrons. The first-order valence-electron chi connectivity index (χ1n) is 9.42. The van der Waals surface area contributed by atoms with Crippen molar-refractivity contribution in [3.05, 3.63) is 53.6 Å². The van der Waals surface area contributed by atoms with Gasteiger partial charge in [-0.3, -0.25) is 0 Å². The van der Waals surface area contributed by atoms with Crippen molar-refractivity contribution < 1.29 is 0 Å². The minimum absolute atomic E-state index is 1.04. The van der Waals surface area contributed by atoms with Crippen LogP contribution in [0.2, 0.25) is 0 Å². The summed E-state index contributed by atoms with van der Waals surface area (Å²) in [6.07, 6.45) is 13.5. The van der Waals surface area contributed by atoms with Crippen molar-refractivity contribution in [2.75, 3.05) is 0 Å². The Hall–Kier alpha value is -1.57. The highest BCUT2D eigenvalue weighted by Crippen LogP contribution is 2.12. The Morgan fingerprint density at radius 1 is 0.826 bits per heavy atom. The minimum atomic E-state index is 1.04. The molecule has 1 aromatic carbocycles. The summed E-state index contributed by atoms with van der Waals surface area (Å²) in [6, 6.07) is 10.8. The zero-order valence-electron chi connectivity index (χ0n) is 14.9. The SMILES string of the molecule is CCCCCCCc1nc(CCCc2ccccc2)cn1CC. The number of unbranched alkanes of at least 4 members (excludes halogenated alkanes) is 4. The number of aromatic nitrogens is 2. The third-order valence-corrected chi connectivity index (χ3v) is 4.49. The molecule has 0 aliphatic rings. The first-order chi connectivity index (χ1) is 11.3. The van der Waals surface area contributed by atoms with Gasteiger partial charge in [0.1, 0.15) is 5.82 Å². The van der Waals surface area contributed by atoms with Gasteiger partial charge in [-0.05, 0) is 38.2 Å². The highest BCUT2D eigenvalue weighted by Gasteiger charge is 2.07. The second-order valence-electron chi connectivity index (χ2n) is 6.44. The van der Waals surface area contributed by atoms with Gasteiger partial charge >= 0.3 is 0 Å². The fourth-order valence-corrected chi connectivity index (χ4v) is 3.11. The average molecular weight is 313 g/mol. The average Bonchev–Trinajstić information content (AvgIpc) is 2.98. The molecule has 0 saturated heterocycles. The van der Waals surface area contributed by atoms with Crippen LogP contribution in [-0.4, -0.2) is 9.55 Å². The van der Waals surface area contributed by atoms with E-state index in [0.717, 1.165) is 25.8 Å². The first-order valence-corrected chi connectivity index (χ1v) is 9.42. The Kier molecular flexibility index (Phi) is 7.92. The summed E-state index contributed by atoms with van der Waals surface area (Å²) in [4.78, 5) is 4.89. The van der Waals surface area contributed by atoms with E-state index < -0.39 is 0 Å². The molecule has 0 aliphatic carbocycles. The Balaban J connectivity index is 1.78. The second kappa shape index (κ2) is 10.3. The van der Waals surface area contributed by atoms with Gasteiger partial charge in [-0.25, -0.2) is 4.98 Å². The second-order valence-corrected chi connectivity index (χ2v) is 6.44. The summed E-state index contributed by atoms with van der Waals surface area (Å²) in [5, 5.41) is 0. The first kappa shape index (κ1) is 17.8. The predicted molar refractivity (Wildman–Crippen MR) is 98.8 cm³/mol. The van der Waals surface area contributed by atoms with Gasteiger partial charge in [0.25, 0.3) is 0 Å². The molecule has 2 heteroatoms. The normalized spacial score (nSPS) is 11.0. The van der Waals surface area contributed by atoms with Crippen molar-refractivity contribution in [3.8, 4) is 0 Å². The highest BCUT2D eigenvalue weighted by molar-refractivity contribution is 5.15. The summed E-state index contributed by atoms with van der Waals surface area (Å²) in [5.74, 6) is 1.29. The molecule has 0 spiro atoms.